The summed E-state index contributed by atoms with van der Waals surface area (Å²) in [6.07, 6.45) is 2.05. The average Bonchev–Trinajstić information content (AvgIpc) is 3.66. The molecule has 60 heavy (non-hydrogen) atoms. The standard InChI is InChI=1S/C59H49N/c1-58(2)51-37-50-52(59(3,4)54-38-55(46-30-18-20-32-48(46)57(50)54)60(42-25-13-7-14-26-42)43-27-15-8-16-28-43)36-49(51)56-47-31-19-17-29-45(47)41(35-53(56)58)33-34-44(39-21-9-5-10-22-39)40-23-11-6-12-24-40/h5-32,35-38,44H,33-34H2,1-4H3. The predicted octanol–water partition coefficient (Wildman–Crippen LogP) is 15.8. The first-order valence-electron chi connectivity index (χ1n) is 21.6. The summed E-state index contributed by atoms with van der Waals surface area (Å²) >= 11 is 0. The maximum atomic E-state index is 2.59. The molecule has 0 spiro atoms. The summed E-state index contributed by atoms with van der Waals surface area (Å²) in [5.41, 5.74) is 18.6. The first-order chi connectivity index (χ1) is 29.3. The average molecular weight is 772 g/mol. The molecule has 290 valence electrons. The lowest BCUT2D eigenvalue weighted by Crippen LogP contribution is -2.18. The number of hydrogen-bond donors (Lipinski definition) is 0. The normalized spacial score (nSPS) is 14.2. The van der Waals surface area contributed by atoms with Crippen LogP contribution in [0.5, 0.6) is 0 Å². The zero-order valence-electron chi connectivity index (χ0n) is 34.9. The molecule has 0 N–H and O–H groups in total. The van der Waals surface area contributed by atoms with Gasteiger partial charge in [0.1, 0.15) is 0 Å². The van der Waals surface area contributed by atoms with Gasteiger partial charge in [-0.1, -0.05) is 179 Å². The number of benzene rings is 9. The maximum absolute atomic E-state index is 2.59. The van der Waals surface area contributed by atoms with Crippen molar-refractivity contribution in [2.75, 3.05) is 4.90 Å². The van der Waals surface area contributed by atoms with Gasteiger partial charge in [0.2, 0.25) is 0 Å². The number of hydrogen-bond acceptors (Lipinski definition) is 1. The number of rotatable bonds is 8. The number of aryl methyl sites for hydroxylation is 1. The zero-order chi connectivity index (χ0) is 40.6. The summed E-state index contributed by atoms with van der Waals surface area (Å²) in [5.74, 6) is 0.331. The molecule has 0 amide bonds. The van der Waals surface area contributed by atoms with Crippen molar-refractivity contribution in [2.24, 2.45) is 0 Å². The van der Waals surface area contributed by atoms with Gasteiger partial charge in [0, 0.05) is 33.5 Å². The van der Waals surface area contributed by atoms with Gasteiger partial charge in [0.25, 0.3) is 0 Å². The lowest BCUT2D eigenvalue weighted by Gasteiger charge is -2.29. The van der Waals surface area contributed by atoms with E-state index in [0.29, 0.717) is 5.92 Å². The Hall–Kier alpha value is -6.70. The largest absolute Gasteiger partial charge is 0.310 e. The molecule has 1 heteroatoms. The van der Waals surface area contributed by atoms with Crippen molar-refractivity contribution < 1.29 is 0 Å². The molecular formula is C59H49N. The first-order valence-corrected chi connectivity index (χ1v) is 21.6. The zero-order valence-corrected chi connectivity index (χ0v) is 34.9. The van der Waals surface area contributed by atoms with E-state index in [-0.39, 0.29) is 10.8 Å². The smallest absolute Gasteiger partial charge is 0.0543 e. The third-order valence-electron chi connectivity index (χ3n) is 13.9. The van der Waals surface area contributed by atoms with E-state index in [4.69, 9.17) is 0 Å². The second-order valence-electron chi connectivity index (χ2n) is 18.0. The second-order valence-corrected chi connectivity index (χ2v) is 18.0. The number of para-hydroxylation sites is 2. The minimum atomic E-state index is -0.218. The Balaban J connectivity index is 1.06. The van der Waals surface area contributed by atoms with Crippen molar-refractivity contribution in [3.63, 3.8) is 0 Å². The fraction of sp³-hybridized carbons (Fsp3) is 0.153. The van der Waals surface area contributed by atoms with Crippen LogP contribution in [0.25, 0.3) is 43.8 Å². The van der Waals surface area contributed by atoms with Gasteiger partial charge in [-0.3, -0.25) is 0 Å². The van der Waals surface area contributed by atoms with Crippen LogP contribution in [0.2, 0.25) is 0 Å². The second kappa shape index (κ2) is 14.0. The molecule has 0 aliphatic heterocycles. The van der Waals surface area contributed by atoms with E-state index < -0.39 is 0 Å². The van der Waals surface area contributed by atoms with Crippen molar-refractivity contribution in [1.82, 2.24) is 0 Å². The van der Waals surface area contributed by atoms with Crippen LogP contribution in [-0.2, 0) is 17.3 Å². The van der Waals surface area contributed by atoms with E-state index >= 15 is 0 Å². The summed E-state index contributed by atoms with van der Waals surface area (Å²) in [5, 5.41) is 5.31. The van der Waals surface area contributed by atoms with Crippen LogP contribution in [0.3, 0.4) is 0 Å². The number of anilines is 3. The Labute approximate surface area is 354 Å². The van der Waals surface area contributed by atoms with Crippen LogP contribution < -0.4 is 4.90 Å². The van der Waals surface area contributed by atoms with Crippen LogP contribution in [0, 0.1) is 0 Å². The molecule has 9 aromatic carbocycles. The maximum Gasteiger partial charge on any atom is 0.0543 e. The summed E-state index contributed by atoms with van der Waals surface area (Å²) in [6, 6.07) is 72.3. The molecule has 0 saturated carbocycles. The van der Waals surface area contributed by atoms with Gasteiger partial charge >= 0.3 is 0 Å². The van der Waals surface area contributed by atoms with Gasteiger partial charge in [-0.05, 0) is 133 Å². The summed E-state index contributed by atoms with van der Waals surface area (Å²) in [4.78, 5) is 2.44. The van der Waals surface area contributed by atoms with Crippen LogP contribution >= 0.6 is 0 Å². The summed E-state index contributed by atoms with van der Waals surface area (Å²) in [6.45, 7) is 9.80. The van der Waals surface area contributed by atoms with Gasteiger partial charge in [0.15, 0.2) is 0 Å². The Bertz CT molecular complexity index is 2990. The molecule has 9 aromatic rings. The van der Waals surface area contributed by atoms with Crippen molar-refractivity contribution in [2.45, 2.75) is 57.3 Å². The third-order valence-corrected chi connectivity index (χ3v) is 13.9. The molecule has 0 bridgehead atoms. The minimum Gasteiger partial charge on any atom is -0.310 e. The quantitative estimate of drug-likeness (QED) is 0.149. The van der Waals surface area contributed by atoms with Crippen molar-refractivity contribution >= 4 is 38.6 Å². The highest BCUT2D eigenvalue weighted by atomic mass is 15.1. The Morgan fingerprint density at radius 2 is 0.800 bits per heavy atom. The minimum absolute atomic E-state index is 0.170. The lowest BCUT2D eigenvalue weighted by molar-refractivity contribution is 0.651. The molecule has 2 aliphatic carbocycles. The fourth-order valence-electron chi connectivity index (χ4n) is 10.9. The van der Waals surface area contributed by atoms with Crippen molar-refractivity contribution in [3.8, 4) is 22.3 Å². The van der Waals surface area contributed by atoms with Gasteiger partial charge in [-0.25, -0.2) is 0 Å². The van der Waals surface area contributed by atoms with Gasteiger partial charge in [-0.15, -0.1) is 0 Å². The topological polar surface area (TPSA) is 3.24 Å². The lowest BCUT2D eigenvalue weighted by atomic mass is 9.78. The van der Waals surface area contributed by atoms with E-state index in [1.54, 1.807) is 0 Å². The van der Waals surface area contributed by atoms with Crippen LogP contribution in [-0.4, -0.2) is 0 Å². The monoisotopic (exact) mass is 771 g/mol. The van der Waals surface area contributed by atoms with E-state index in [0.717, 1.165) is 24.2 Å². The van der Waals surface area contributed by atoms with Crippen molar-refractivity contribution in [1.29, 1.82) is 0 Å². The molecule has 0 atom stereocenters. The van der Waals surface area contributed by atoms with Gasteiger partial charge in [0.05, 0.1) is 5.69 Å². The summed E-state index contributed by atoms with van der Waals surface area (Å²) in [7, 11) is 0. The molecule has 1 nitrogen and oxygen atoms in total. The van der Waals surface area contributed by atoms with E-state index in [9.17, 15) is 0 Å². The predicted molar refractivity (Wildman–Crippen MR) is 254 cm³/mol. The van der Waals surface area contributed by atoms with E-state index in [1.165, 1.54) is 88.4 Å². The third kappa shape index (κ3) is 5.60. The Morgan fingerprint density at radius 3 is 1.30 bits per heavy atom. The molecule has 0 heterocycles. The summed E-state index contributed by atoms with van der Waals surface area (Å²) < 4.78 is 0. The molecular weight excluding hydrogens is 723 g/mol. The Morgan fingerprint density at radius 1 is 0.400 bits per heavy atom. The molecule has 0 unspecified atom stereocenters. The molecule has 0 aromatic heterocycles. The van der Waals surface area contributed by atoms with Crippen molar-refractivity contribution in [3.05, 3.63) is 233 Å². The SMILES string of the molecule is CC1(C)c2cc3c(cc2-c2c1cc(CCC(c1ccccc1)c1ccccc1)c1ccccc21)C(C)(C)c1cc(N(c2ccccc2)c2ccccc2)c2ccccc2c1-3. The van der Waals surface area contributed by atoms with E-state index in [2.05, 4.69) is 227 Å². The number of fused-ring (bicyclic) bond motifs is 10. The van der Waals surface area contributed by atoms with Gasteiger partial charge < -0.3 is 4.90 Å². The van der Waals surface area contributed by atoms with Crippen LogP contribution in [0.1, 0.15) is 79.0 Å². The van der Waals surface area contributed by atoms with Gasteiger partial charge in [-0.2, -0.15) is 0 Å². The van der Waals surface area contributed by atoms with Crippen LogP contribution in [0.4, 0.5) is 17.1 Å². The molecule has 2 aliphatic rings. The van der Waals surface area contributed by atoms with Crippen LogP contribution in [0.15, 0.2) is 194 Å². The number of nitrogens with zero attached hydrogens (tertiary/aromatic N) is 1. The highest BCUT2D eigenvalue weighted by Crippen LogP contribution is 2.60. The first kappa shape index (κ1) is 36.4. The highest BCUT2D eigenvalue weighted by Gasteiger charge is 2.43. The molecule has 11 rings (SSSR count). The highest BCUT2D eigenvalue weighted by molar-refractivity contribution is 6.11. The molecule has 0 saturated heterocycles. The Kier molecular flexibility index (Phi) is 8.46. The fourth-order valence-corrected chi connectivity index (χ4v) is 10.9. The van der Waals surface area contributed by atoms with E-state index in [1.807, 2.05) is 0 Å². The molecule has 0 fully saturated rings. The molecule has 0 radical (unpaired) electrons.